The lowest BCUT2D eigenvalue weighted by Crippen LogP contribution is -2.43. The molecular weight excluding hydrogens is 384 g/mol. The van der Waals surface area contributed by atoms with Gasteiger partial charge in [0.05, 0.1) is 56.2 Å². The molecule has 4 rings (SSSR count). The molecule has 1 aliphatic heterocycles. The van der Waals surface area contributed by atoms with E-state index in [1.807, 2.05) is 38.1 Å². The number of benzene rings is 1. The maximum absolute atomic E-state index is 12.9. The van der Waals surface area contributed by atoms with E-state index in [9.17, 15) is 4.79 Å². The zero-order valence-corrected chi connectivity index (χ0v) is 17.3. The smallest absolute Gasteiger partial charge is 0.227 e. The topological polar surface area (TPSA) is 90.6 Å². The number of carbonyl (C=O) groups excluding carboxylic acids is 1. The number of rotatable bonds is 5. The second-order valence-electron chi connectivity index (χ2n) is 7.24. The van der Waals surface area contributed by atoms with Gasteiger partial charge in [0.2, 0.25) is 5.91 Å². The Morgan fingerprint density at radius 1 is 1.30 bits per heavy atom. The Morgan fingerprint density at radius 3 is 2.93 bits per heavy atom. The van der Waals surface area contributed by atoms with Gasteiger partial charge in [-0.3, -0.25) is 9.78 Å². The van der Waals surface area contributed by atoms with Crippen molar-refractivity contribution in [1.29, 1.82) is 0 Å². The normalized spacial score (nSPS) is 16.5. The van der Waals surface area contributed by atoms with Gasteiger partial charge < -0.3 is 18.9 Å². The lowest BCUT2D eigenvalue weighted by Gasteiger charge is -2.32. The van der Waals surface area contributed by atoms with Crippen LogP contribution in [0.5, 0.6) is 5.75 Å². The summed E-state index contributed by atoms with van der Waals surface area (Å²) < 4.78 is 16.4. The zero-order valence-electron chi connectivity index (χ0n) is 17.3. The maximum atomic E-state index is 12.9. The fraction of sp³-hybridized carbons (Fsp3) is 0.364. The molecule has 1 saturated heterocycles. The monoisotopic (exact) mass is 408 g/mol. The molecule has 30 heavy (non-hydrogen) atoms. The minimum absolute atomic E-state index is 0.0228. The average Bonchev–Trinajstić information content (AvgIpc) is 3.11. The largest absolute Gasteiger partial charge is 0.497 e. The fourth-order valence-corrected chi connectivity index (χ4v) is 3.53. The molecule has 3 aromatic rings. The third-order valence-electron chi connectivity index (χ3n) is 5.28. The first-order valence-corrected chi connectivity index (χ1v) is 9.82. The molecule has 1 aromatic carbocycles. The first-order valence-electron chi connectivity index (χ1n) is 9.82. The molecule has 1 aliphatic rings. The van der Waals surface area contributed by atoms with E-state index < -0.39 is 0 Å². The molecule has 0 aliphatic carbocycles. The van der Waals surface area contributed by atoms with Crippen molar-refractivity contribution in [2.75, 3.05) is 26.8 Å². The van der Waals surface area contributed by atoms with Gasteiger partial charge in [-0.2, -0.15) is 0 Å². The highest BCUT2D eigenvalue weighted by Crippen LogP contribution is 2.26. The molecule has 8 nitrogen and oxygen atoms in total. The highest BCUT2D eigenvalue weighted by Gasteiger charge is 2.28. The van der Waals surface area contributed by atoms with Gasteiger partial charge in [0.1, 0.15) is 17.6 Å². The minimum atomic E-state index is -0.328. The molecule has 0 saturated carbocycles. The molecular formula is C22H24N4O4. The Morgan fingerprint density at radius 2 is 2.17 bits per heavy atom. The molecule has 156 valence electrons. The van der Waals surface area contributed by atoms with Crippen LogP contribution in [0.15, 0.2) is 41.2 Å². The van der Waals surface area contributed by atoms with Crippen molar-refractivity contribution in [2.45, 2.75) is 26.4 Å². The van der Waals surface area contributed by atoms with Crippen molar-refractivity contribution < 1.29 is 18.8 Å². The third-order valence-corrected chi connectivity index (χ3v) is 5.28. The number of hydrogen-bond acceptors (Lipinski definition) is 7. The van der Waals surface area contributed by atoms with Crippen molar-refractivity contribution in [3.8, 4) is 17.0 Å². The lowest BCUT2D eigenvalue weighted by atomic mass is 10.1. The molecule has 0 radical (unpaired) electrons. The van der Waals surface area contributed by atoms with Gasteiger partial charge in [0, 0.05) is 17.7 Å². The highest BCUT2D eigenvalue weighted by molar-refractivity contribution is 5.79. The Balaban J connectivity index is 1.50. The number of nitrogens with zero attached hydrogens (tertiary/aromatic N) is 4. The molecule has 1 fully saturated rings. The average molecular weight is 408 g/mol. The summed E-state index contributed by atoms with van der Waals surface area (Å²) in [5, 5.41) is 3.93. The van der Waals surface area contributed by atoms with Crippen LogP contribution in [0, 0.1) is 13.8 Å². The highest BCUT2D eigenvalue weighted by atomic mass is 16.5. The van der Waals surface area contributed by atoms with Gasteiger partial charge >= 0.3 is 0 Å². The van der Waals surface area contributed by atoms with Crippen LogP contribution in [-0.4, -0.2) is 52.7 Å². The SMILES string of the molecule is COc1cccc(-c2cncc(C3CN(C(=O)Cc4c(C)noc4C)CCO3)n2)c1. The molecule has 0 bridgehead atoms. The van der Waals surface area contributed by atoms with E-state index in [2.05, 4.69) is 10.1 Å². The number of aromatic nitrogens is 3. The van der Waals surface area contributed by atoms with Crippen LogP contribution in [0.25, 0.3) is 11.3 Å². The van der Waals surface area contributed by atoms with Crippen molar-refractivity contribution in [3.63, 3.8) is 0 Å². The summed E-state index contributed by atoms with van der Waals surface area (Å²) >= 11 is 0. The van der Waals surface area contributed by atoms with E-state index in [1.165, 1.54) is 0 Å². The fourth-order valence-electron chi connectivity index (χ4n) is 3.53. The second kappa shape index (κ2) is 8.62. The molecule has 1 atom stereocenters. The lowest BCUT2D eigenvalue weighted by molar-refractivity contribution is -0.138. The Labute approximate surface area is 174 Å². The third kappa shape index (κ3) is 4.18. The standard InChI is InChI=1S/C22H24N4O4/c1-14-18(15(2)30-25-14)10-22(27)26-7-8-29-21(13-26)20-12-23-11-19(24-20)16-5-4-6-17(9-16)28-3/h4-6,9,11-12,21H,7-8,10,13H2,1-3H3. The summed E-state index contributed by atoms with van der Waals surface area (Å²) in [5.74, 6) is 1.46. The van der Waals surface area contributed by atoms with Crippen molar-refractivity contribution >= 4 is 5.91 Å². The zero-order chi connectivity index (χ0) is 21.1. The molecule has 8 heteroatoms. The van der Waals surface area contributed by atoms with Gasteiger partial charge in [0.25, 0.3) is 0 Å². The van der Waals surface area contributed by atoms with Gasteiger partial charge in [0.15, 0.2) is 0 Å². The summed E-state index contributed by atoms with van der Waals surface area (Å²) in [6, 6.07) is 7.66. The van der Waals surface area contributed by atoms with Crippen molar-refractivity contribution in [1.82, 2.24) is 20.0 Å². The first kappa shape index (κ1) is 20.0. The number of morpholine rings is 1. The van der Waals surface area contributed by atoms with E-state index in [1.54, 1.807) is 24.4 Å². The molecule has 3 heterocycles. The summed E-state index contributed by atoms with van der Waals surface area (Å²) in [6.07, 6.45) is 3.34. The van der Waals surface area contributed by atoms with Crippen LogP contribution in [0.4, 0.5) is 0 Å². The minimum Gasteiger partial charge on any atom is -0.497 e. The first-order chi connectivity index (χ1) is 14.5. The van der Waals surface area contributed by atoms with E-state index in [0.717, 1.165) is 28.3 Å². The van der Waals surface area contributed by atoms with E-state index in [-0.39, 0.29) is 18.4 Å². The van der Waals surface area contributed by atoms with Crippen molar-refractivity contribution in [2.24, 2.45) is 0 Å². The van der Waals surface area contributed by atoms with E-state index >= 15 is 0 Å². The predicted octanol–water partition coefficient (Wildman–Crippen LogP) is 2.90. The Hall–Kier alpha value is -3.26. The summed E-state index contributed by atoms with van der Waals surface area (Å²) in [7, 11) is 1.63. The summed E-state index contributed by atoms with van der Waals surface area (Å²) in [5.41, 5.74) is 3.94. The van der Waals surface area contributed by atoms with Gasteiger partial charge in [-0.25, -0.2) is 4.98 Å². The second-order valence-corrected chi connectivity index (χ2v) is 7.24. The van der Waals surface area contributed by atoms with Crippen LogP contribution >= 0.6 is 0 Å². The van der Waals surface area contributed by atoms with Gasteiger partial charge in [-0.05, 0) is 26.0 Å². The summed E-state index contributed by atoms with van der Waals surface area (Å²) in [6.45, 7) is 5.09. The number of ether oxygens (including phenoxy) is 2. The van der Waals surface area contributed by atoms with Gasteiger partial charge in [-0.1, -0.05) is 17.3 Å². The quantitative estimate of drug-likeness (QED) is 0.641. The van der Waals surface area contributed by atoms with Crippen LogP contribution < -0.4 is 4.74 Å². The molecule has 1 unspecified atom stereocenters. The van der Waals surface area contributed by atoms with E-state index in [0.29, 0.717) is 31.2 Å². The number of amides is 1. The number of hydrogen-bond donors (Lipinski definition) is 0. The molecule has 0 spiro atoms. The van der Waals surface area contributed by atoms with Crippen LogP contribution in [-0.2, 0) is 16.0 Å². The molecule has 2 aromatic heterocycles. The van der Waals surface area contributed by atoms with Crippen molar-refractivity contribution in [3.05, 3.63) is 59.4 Å². The summed E-state index contributed by atoms with van der Waals surface area (Å²) in [4.78, 5) is 23.7. The van der Waals surface area contributed by atoms with Crippen LogP contribution in [0.2, 0.25) is 0 Å². The number of methoxy groups -OCH3 is 1. The van der Waals surface area contributed by atoms with Crippen LogP contribution in [0.1, 0.15) is 28.8 Å². The Kier molecular flexibility index (Phi) is 5.76. The van der Waals surface area contributed by atoms with Gasteiger partial charge in [-0.15, -0.1) is 0 Å². The maximum Gasteiger partial charge on any atom is 0.227 e. The van der Waals surface area contributed by atoms with Crippen LogP contribution in [0.3, 0.4) is 0 Å². The number of carbonyl (C=O) groups is 1. The Bertz CT molecular complexity index is 1030. The molecule has 1 amide bonds. The molecule has 0 N–H and O–H groups in total. The number of aryl methyl sites for hydroxylation is 2. The predicted molar refractivity (Wildman–Crippen MR) is 109 cm³/mol. The van der Waals surface area contributed by atoms with E-state index in [4.69, 9.17) is 19.0 Å².